The van der Waals surface area contributed by atoms with Gasteiger partial charge in [-0.2, -0.15) is 0 Å². The molecule has 1 amide bonds. The molecule has 3 aromatic carbocycles. The number of rotatable bonds is 4. The minimum absolute atomic E-state index is 0.0383. The van der Waals surface area contributed by atoms with E-state index in [-0.39, 0.29) is 5.56 Å². The highest BCUT2D eigenvalue weighted by molar-refractivity contribution is 7.99. The van der Waals surface area contributed by atoms with E-state index in [1.807, 2.05) is 24.3 Å². The summed E-state index contributed by atoms with van der Waals surface area (Å²) >= 11 is 1.68. The quantitative estimate of drug-likeness (QED) is 0.639. The molecular formula is C21H18FNOS. The SMILES string of the molecule is Cc1ccc(C)c(Sc2ccc(NC(=O)c3ccccc3F)cc2)c1. The molecule has 1 N–H and O–H groups in total. The number of carbonyl (C=O) groups is 1. The molecule has 0 unspecified atom stereocenters. The third-order valence-corrected chi connectivity index (χ3v) is 4.97. The van der Waals surface area contributed by atoms with Crippen molar-refractivity contribution in [3.8, 4) is 0 Å². The van der Waals surface area contributed by atoms with Crippen LogP contribution in [0.25, 0.3) is 0 Å². The fourth-order valence-corrected chi connectivity index (χ4v) is 3.39. The fourth-order valence-electron chi connectivity index (χ4n) is 2.39. The van der Waals surface area contributed by atoms with Gasteiger partial charge in [0.05, 0.1) is 5.56 Å². The van der Waals surface area contributed by atoms with E-state index in [2.05, 4.69) is 37.4 Å². The van der Waals surface area contributed by atoms with E-state index in [0.29, 0.717) is 5.69 Å². The summed E-state index contributed by atoms with van der Waals surface area (Å²) in [7, 11) is 0. The highest BCUT2D eigenvalue weighted by Crippen LogP contribution is 2.31. The zero-order chi connectivity index (χ0) is 17.8. The molecule has 25 heavy (non-hydrogen) atoms. The Morgan fingerprint density at radius 2 is 1.68 bits per heavy atom. The Hall–Kier alpha value is -2.59. The van der Waals surface area contributed by atoms with Crippen LogP contribution >= 0.6 is 11.8 Å². The van der Waals surface area contributed by atoms with E-state index < -0.39 is 11.7 Å². The molecule has 3 aromatic rings. The minimum atomic E-state index is -0.526. The molecule has 126 valence electrons. The van der Waals surface area contributed by atoms with Gasteiger partial charge in [-0.25, -0.2) is 4.39 Å². The van der Waals surface area contributed by atoms with Gasteiger partial charge in [0, 0.05) is 15.5 Å². The number of amides is 1. The molecule has 0 radical (unpaired) electrons. The van der Waals surface area contributed by atoms with Gasteiger partial charge in [-0.05, 0) is 67.4 Å². The standard InChI is InChI=1S/C21H18FNOS/c1-14-7-8-15(2)20(13-14)25-17-11-9-16(10-12-17)23-21(24)18-5-3-4-6-19(18)22/h3-13H,1-2H3,(H,23,24). The molecule has 0 aliphatic rings. The van der Waals surface area contributed by atoms with Crippen LogP contribution in [-0.4, -0.2) is 5.91 Å². The van der Waals surface area contributed by atoms with Crippen LogP contribution < -0.4 is 5.32 Å². The zero-order valence-corrected chi connectivity index (χ0v) is 14.9. The molecule has 0 saturated carbocycles. The summed E-state index contributed by atoms with van der Waals surface area (Å²) < 4.78 is 13.7. The van der Waals surface area contributed by atoms with Crippen LogP contribution in [0.3, 0.4) is 0 Å². The van der Waals surface area contributed by atoms with Crippen molar-refractivity contribution >= 4 is 23.4 Å². The largest absolute Gasteiger partial charge is 0.322 e. The monoisotopic (exact) mass is 351 g/mol. The molecule has 2 nitrogen and oxygen atoms in total. The summed E-state index contributed by atoms with van der Waals surface area (Å²) in [6.45, 7) is 4.16. The second kappa shape index (κ2) is 7.53. The lowest BCUT2D eigenvalue weighted by Gasteiger charge is -2.09. The van der Waals surface area contributed by atoms with Gasteiger partial charge in [0.2, 0.25) is 0 Å². The lowest BCUT2D eigenvalue weighted by molar-refractivity contribution is 0.102. The van der Waals surface area contributed by atoms with E-state index in [1.54, 1.807) is 23.9 Å². The zero-order valence-electron chi connectivity index (χ0n) is 14.0. The molecule has 0 aromatic heterocycles. The molecule has 0 fully saturated rings. The Morgan fingerprint density at radius 3 is 2.40 bits per heavy atom. The van der Waals surface area contributed by atoms with E-state index in [0.717, 1.165) is 4.90 Å². The Labute approximate surface area is 151 Å². The van der Waals surface area contributed by atoms with Gasteiger partial charge in [-0.3, -0.25) is 4.79 Å². The van der Waals surface area contributed by atoms with Crippen molar-refractivity contribution in [2.75, 3.05) is 5.32 Å². The molecule has 0 aliphatic heterocycles. The number of aryl methyl sites for hydroxylation is 2. The normalized spacial score (nSPS) is 10.5. The Bertz CT molecular complexity index is 906. The molecular weight excluding hydrogens is 333 g/mol. The third-order valence-electron chi connectivity index (χ3n) is 3.80. The molecule has 4 heteroatoms. The molecule has 3 rings (SSSR count). The summed E-state index contributed by atoms with van der Waals surface area (Å²) in [6, 6.07) is 19.9. The van der Waals surface area contributed by atoms with Crippen molar-refractivity contribution < 1.29 is 9.18 Å². The maximum Gasteiger partial charge on any atom is 0.258 e. The number of halogens is 1. The van der Waals surface area contributed by atoms with Crippen LogP contribution in [0.15, 0.2) is 76.5 Å². The lowest BCUT2D eigenvalue weighted by Crippen LogP contribution is -2.13. The fraction of sp³-hybridized carbons (Fsp3) is 0.0952. The van der Waals surface area contributed by atoms with E-state index in [4.69, 9.17) is 0 Å². The predicted octanol–water partition coefficient (Wildman–Crippen LogP) is 5.85. The molecule has 0 atom stereocenters. The van der Waals surface area contributed by atoms with Crippen molar-refractivity contribution in [2.45, 2.75) is 23.6 Å². The van der Waals surface area contributed by atoms with Gasteiger partial charge >= 0.3 is 0 Å². The van der Waals surface area contributed by atoms with Crippen molar-refractivity contribution in [1.82, 2.24) is 0 Å². The summed E-state index contributed by atoms with van der Waals surface area (Å²) in [5.74, 6) is -0.977. The Morgan fingerprint density at radius 1 is 0.960 bits per heavy atom. The first kappa shape index (κ1) is 17.2. The first-order valence-corrected chi connectivity index (χ1v) is 8.75. The van der Waals surface area contributed by atoms with Crippen LogP contribution in [0.1, 0.15) is 21.5 Å². The van der Waals surface area contributed by atoms with Gasteiger partial charge in [0.15, 0.2) is 0 Å². The van der Waals surface area contributed by atoms with Gasteiger partial charge < -0.3 is 5.32 Å². The minimum Gasteiger partial charge on any atom is -0.322 e. The third kappa shape index (κ3) is 4.28. The van der Waals surface area contributed by atoms with Crippen molar-refractivity contribution in [2.24, 2.45) is 0 Å². The van der Waals surface area contributed by atoms with Crippen LogP contribution in [-0.2, 0) is 0 Å². The second-order valence-corrected chi connectivity index (χ2v) is 6.94. The van der Waals surface area contributed by atoms with Gasteiger partial charge in [-0.15, -0.1) is 0 Å². The average Bonchev–Trinajstić information content (AvgIpc) is 2.60. The molecule has 0 heterocycles. The highest BCUT2D eigenvalue weighted by Gasteiger charge is 2.11. The van der Waals surface area contributed by atoms with Gasteiger partial charge in [0.25, 0.3) is 5.91 Å². The number of carbonyl (C=O) groups excluding carboxylic acids is 1. The van der Waals surface area contributed by atoms with Crippen molar-refractivity contribution in [3.05, 3.63) is 89.2 Å². The van der Waals surface area contributed by atoms with E-state index >= 15 is 0 Å². The van der Waals surface area contributed by atoms with Crippen molar-refractivity contribution in [3.63, 3.8) is 0 Å². The predicted molar refractivity (Wildman–Crippen MR) is 101 cm³/mol. The lowest BCUT2D eigenvalue weighted by atomic mass is 10.2. The summed E-state index contributed by atoms with van der Waals surface area (Å²) in [4.78, 5) is 14.4. The summed E-state index contributed by atoms with van der Waals surface area (Å²) in [5, 5.41) is 2.72. The van der Waals surface area contributed by atoms with Crippen LogP contribution in [0.5, 0.6) is 0 Å². The topological polar surface area (TPSA) is 29.1 Å². The summed E-state index contributed by atoms with van der Waals surface area (Å²) in [6.07, 6.45) is 0. The maximum atomic E-state index is 13.7. The smallest absolute Gasteiger partial charge is 0.258 e. The van der Waals surface area contributed by atoms with Gasteiger partial charge in [0.1, 0.15) is 5.82 Å². The average molecular weight is 351 g/mol. The van der Waals surface area contributed by atoms with E-state index in [9.17, 15) is 9.18 Å². The molecule has 0 bridgehead atoms. The maximum absolute atomic E-state index is 13.7. The molecule has 0 spiro atoms. The number of hydrogen-bond donors (Lipinski definition) is 1. The van der Waals surface area contributed by atoms with Crippen LogP contribution in [0, 0.1) is 19.7 Å². The Kier molecular flexibility index (Phi) is 5.19. The highest BCUT2D eigenvalue weighted by atomic mass is 32.2. The number of hydrogen-bond acceptors (Lipinski definition) is 2. The number of benzene rings is 3. The van der Waals surface area contributed by atoms with Crippen LogP contribution in [0.4, 0.5) is 10.1 Å². The Balaban J connectivity index is 1.71. The molecule has 0 aliphatic carbocycles. The first-order chi connectivity index (χ1) is 12.0. The number of nitrogens with one attached hydrogen (secondary N) is 1. The molecule has 0 saturated heterocycles. The van der Waals surface area contributed by atoms with Gasteiger partial charge in [-0.1, -0.05) is 36.0 Å². The van der Waals surface area contributed by atoms with Crippen LogP contribution in [0.2, 0.25) is 0 Å². The van der Waals surface area contributed by atoms with Crippen molar-refractivity contribution in [1.29, 1.82) is 0 Å². The first-order valence-electron chi connectivity index (χ1n) is 7.94. The van der Waals surface area contributed by atoms with E-state index in [1.165, 1.54) is 28.2 Å². The number of anilines is 1. The summed E-state index contributed by atoms with van der Waals surface area (Å²) in [5.41, 5.74) is 3.13. The second-order valence-electron chi connectivity index (χ2n) is 5.83.